The van der Waals surface area contributed by atoms with Gasteiger partial charge in [0.25, 0.3) is 0 Å². The third kappa shape index (κ3) is 4.26. The highest BCUT2D eigenvalue weighted by molar-refractivity contribution is 7.09. The molecule has 4 nitrogen and oxygen atoms in total. The van der Waals surface area contributed by atoms with Gasteiger partial charge in [0.1, 0.15) is 17.1 Å². The van der Waals surface area contributed by atoms with E-state index in [0.29, 0.717) is 18.4 Å². The molecule has 1 aliphatic heterocycles. The minimum atomic E-state index is 0.444. The molecule has 0 bridgehead atoms. The molecule has 1 aliphatic rings. The number of fused-ring (bicyclic) bond motifs is 1. The molecular weight excluding hydrogens is 390 g/mol. The first-order chi connectivity index (χ1) is 14.6. The van der Waals surface area contributed by atoms with Crippen LogP contribution in [0.15, 0.2) is 59.0 Å². The Morgan fingerprint density at radius 3 is 2.87 bits per heavy atom. The Morgan fingerprint density at radius 1 is 1.27 bits per heavy atom. The van der Waals surface area contributed by atoms with Gasteiger partial charge in [-0.05, 0) is 53.5 Å². The number of rotatable bonds is 5. The van der Waals surface area contributed by atoms with Gasteiger partial charge in [0.05, 0.1) is 13.7 Å². The Hall–Kier alpha value is -2.66. The van der Waals surface area contributed by atoms with Crippen molar-refractivity contribution in [3.05, 3.63) is 81.4 Å². The molecular formula is C25H29N3OS. The maximum absolute atomic E-state index is 5.75. The Kier molecular flexibility index (Phi) is 6.18. The molecule has 5 heteroatoms. The van der Waals surface area contributed by atoms with Crippen molar-refractivity contribution in [1.29, 1.82) is 0 Å². The van der Waals surface area contributed by atoms with Gasteiger partial charge >= 0.3 is 0 Å². The van der Waals surface area contributed by atoms with Crippen LogP contribution in [-0.4, -0.2) is 16.7 Å². The quantitative estimate of drug-likeness (QED) is 0.536. The molecule has 0 N–H and O–H groups in total. The fourth-order valence-corrected chi connectivity index (χ4v) is 4.49. The number of hydrogen-bond donors (Lipinski definition) is 0. The average molecular weight is 420 g/mol. The summed E-state index contributed by atoms with van der Waals surface area (Å²) in [7, 11) is 1.74. The van der Waals surface area contributed by atoms with Crippen LogP contribution in [0.4, 0.5) is 0 Å². The number of hydrogen-bond acceptors (Lipinski definition) is 4. The molecule has 1 aromatic carbocycles. The maximum Gasteiger partial charge on any atom is 0.141 e. The molecule has 0 aliphatic carbocycles. The molecule has 0 saturated heterocycles. The number of methoxy groups -OCH3 is 1. The molecule has 3 heterocycles. The molecule has 0 saturated carbocycles. The highest BCUT2D eigenvalue weighted by atomic mass is 32.1. The number of ether oxygens (including phenoxy) is 1. The van der Waals surface area contributed by atoms with Crippen LogP contribution in [0, 0.1) is 5.92 Å². The smallest absolute Gasteiger partial charge is 0.141 e. The lowest BCUT2D eigenvalue weighted by molar-refractivity contribution is 0.413. The van der Waals surface area contributed by atoms with E-state index in [1.165, 1.54) is 10.4 Å². The summed E-state index contributed by atoms with van der Waals surface area (Å²) in [6.45, 7) is 8.31. The van der Waals surface area contributed by atoms with E-state index in [1.807, 2.05) is 12.3 Å². The van der Waals surface area contributed by atoms with E-state index in [2.05, 4.69) is 67.1 Å². The van der Waals surface area contributed by atoms with E-state index in [4.69, 9.17) is 14.7 Å². The monoisotopic (exact) mass is 419 g/mol. The summed E-state index contributed by atoms with van der Waals surface area (Å²) < 4.78 is 8.02. The van der Waals surface area contributed by atoms with Gasteiger partial charge < -0.3 is 9.30 Å². The number of allylic oxidation sites excluding steroid dienone is 1. The van der Waals surface area contributed by atoms with Crippen molar-refractivity contribution in [3.8, 4) is 5.75 Å². The number of nitrogens with zero attached hydrogens (tertiary/aromatic N) is 3. The summed E-state index contributed by atoms with van der Waals surface area (Å²) >= 11 is 1.74. The van der Waals surface area contributed by atoms with Gasteiger partial charge in [-0.15, -0.1) is 11.3 Å². The van der Waals surface area contributed by atoms with Crippen LogP contribution in [0.3, 0.4) is 0 Å². The number of benzene rings is 1. The molecule has 0 amide bonds. The van der Waals surface area contributed by atoms with Crippen LogP contribution < -0.4 is 10.2 Å². The molecule has 4 rings (SSSR count). The molecule has 0 radical (unpaired) electrons. The highest BCUT2D eigenvalue weighted by Gasteiger charge is 2.21. The summed E-state index contributed by atoms with van der Waals surface area (Å²) in [4.78, 5) is 11.0. The van der Waals surface area contributed by atoms with Crippen molar-refractivity contribution in [2.24, 2.45) is 10.9 Å². The first-order valence-corrected chi connectivity index (χ1v) is 11.4. The molecule has 1 unspecified atom stereocenters. The Bertz CT molecular complexity index is 1110. The third-order valence-corrected chi connectivity index (χ3v) is 6.47. The minimum absolute atomic E-state index is 0.444. The molecule has 156 valence electrons. The van der Waals surface area contributed by atoms with Crippen molar-refractivity contribution in [2.75, 3.05) is 7.11 Å². The fourth-order valence-electron chi connectivity index (χ4n) is 3.86. The molecule has 3 aromatic rings. The minimum Gasteiger partial charge on any atom is -0.496 e. The van der Waals surface area contributed by atoms with Gasteiger partial charge in [-0.2, -0.15) is 0 Å². The SMILES string of the molecule is COc1ccc(C(C)C)cc1C1=CC(C)CCn2c1nccc2=NCc1cccs1. The van der Waals surface area contributed by atoms with Gasteiger partial charge in [-0.25, -0.2) is 4.98 Å². The predicted molar refractivity (Wildman–Crippen MR) is 124 cm³/mol. The fraction of sp³-hybridized carbons (Fsp3) is 0.360. The lowest BCUT2D eigenvalue weighted by Gasteiger charge is -2.17. The lowest BCUT2D eigenvalue weighted by Crippen LogP contribution is -2.25. The second-order valence-corrected chi connectivity index (χ2v) is 9.17. The van der Waals surface area contributed by atoms with Crippen LogP contribution in [0.2, 0.25) is 0 Å². The zero-order valence-electron chi connectivity index (χ0n) is 18.1. The zero-order valence-corrected chi connectivity index (χ0v) is 18.9. The standard InChI is InChI=1S/C25H29N3OS/c1-17(2)19-7-8-23(29-4)21(15-19)22-14-18(3)10-12-28-24(9-11-26-25(22)28)27-16-20-6-5-13-30-20/h5-9,11,13-15,17-18H,10,12,16H2,1-4H3. The van der Waals surface area contributed by atoms with E-state index in [0.717, 1.165) is 41.2 Å². The molecule has 30 heavy (non-hydrogen) atoms. The maximum atomic E-state index is 5.75. The Balaban J connectivity index is 1.86. The lowest BCUT2D eigenvalue weighted by atomic mass is 9.94. The second kappa shape index (κ2) is 9.00. The summed E-state index contributed by atoms with van der Waals surface area (Å²) in [6.07, 6.45) is 5.28. The van der Waals surface area contributed by atoms with Crippen molar-refractivity contribution >= 4 is 16.9 Å². The summed E-state index contributed by atoms with van der Waals surface area (Å²) in [6, 6.07) is 12.7. The van der Waals surface area contributed by atoms with Gasteiger partial charge in [0.15, 0.2) is 0 Å². The number of thiophene rings is 1. The van der Waals surface area contributed by atoms with Gasteiger partial charge in [-0.3, -0.25) is 4.99 Å². The average Bonchev–Trinajstić information content (AvgIpc) is 3.21. The van der Waals surface area contributed by atoms with E-state index >= 15 is 0 Å². The van der Waals surface area contributed by atoms with E-state index < -0.39 is 0 Å². The summed E-state index contributed by atoms with van der Waals surface area (Å²) in [5.41, 5.74) is 4.52. The first-order valence-electron chi connectivity index (χ1n) is 10.6. The van der Waals surface area contributed by atoms with Crippen LogP contribution in [0.1, 0.15) is 54.9 Å². The van der Waals surface area contributed by atoms with Gasteiger partial charge in [-0.1, -0.05) is 39.0 Å². The zero-order chi connectivity index (χ0) is 21.1. The van der Waals surface area contributed by atoms with Crippen LogP contribution in [0.25, 0.3) is 5.57 Å². The first kappa shape index (κ1) is 20.6. The molecule has 0 spiro atoms. The molecule has 1 atom stereocenters. The van der Waals surface area contributed by atoms with Crippen molar-refractivity contribution in [3.63, 3.8) is 0 Å². The highest BCUT2D eigenvalue weighted by Crippen LogP contribution is 2.35. The normalized spacial score (nSPS) is 16.9. The van der Waals surface area contributed by atoms with Gasteiger partial charge in [0, 0.05) is 28.8 Å². The molecule has 2 aromatic heterocycles. The van der Waals surface area contributed by atoms with Crippen LogP contribution >= 0.6 is 11.3 Å². The number of aromatic nitrogens is 2. The second-order valence-electron chi connectivity index (χ2n) is 8.13. The van der Waals surface area contributed by atoms with E-state index in [-0.39, 0.29) is 0 Å². The van der Waals surface area contributed by atoms with Gasteiger partial charge in [0.2, 0.25) is 0 Å². The molecule has 0 fully saturated rings. The van der Waals surface area contributed by atoms with Crippen molar-refractivity contribution < 1.29 is 4.74 Å². The van der Waals surface area contributed by atoms with Crippen molar-refractivity contribution in [1.82, 2.24) is 9.55 Å². The van der Waals surface area contributed by atoms with E-state index in [1.54, 1.807) is 18.4 Å². The van der Waals surface area contributed by atoms with Crippen LogP contribution in [0.5, 0.6) is 5.75 Å². The summed E-state index contributed by atoms with van der Waals surface area (Å²) in [5.74, 6) is 2.74. The predicted octanol–water partition coefficient (Wildman–Crippen LogP) is 5.65. The van der Waals surface area contributed by atoms with Crippen LogP contribution in [-0.2, 0) is 13.1 Å². The van der Waals surface area contributed by atoms with Crippen molar-refractivity contribution in [2.45, 2.75) is 46.2 Å². The Morgan fingerprint density at radius 2 is 2.13 bits per heavy atom. The topological polar surface area (TPSA) is 39.4 Å². The summed E-state index contributed by atoms with van der Waals surface area (Å²) in [5, 5.41) is 2.10. The largest absolute Gasteiger partial charge is 0.496 e. The van der Waals surface area contributed by atoms with E-state index in [9.17, 15) is 0 Å². The Labute approximate surface area is 182 Å². The third-order valence-electron chi connectivity index (χ3n) is 5.61.